The first kappa shape index (κ1) is 18.2. The number of rotatable bonds is 8. The van der Waals surface area contributed by atoms with Crippen molar-refractivity contribution < 1.29 is 9.21 Å². The molecule has 4 nitrogen and oxygen atoms in total. The van der Waals surface area contributed by atoms with Gasteiger partial charge in [0.2, 0.25) is 5.91 Å². The Kier molecular flexibility index (Phi) is 6.59. The van der Waals surface area contributed by atoms with Gasteiger partial charge in [0.05, 0.1) is 6.20 Å². The number of hydrogen-bond acceptors (Lipinski definition) is 3. The number of nitrogens with one attached hydrogen (secondary N) is 1. The number of benzene rings is 1. The van der Waals surface area contributed by atoms with E-state index >= 15 is 0 Å². The Balaban J connectivity index is 1.67. The van der Waals surface area contributed by atoms with Crippen LogP contribution in [0.5, 0.6) is 0 Å². The van der Waals surface area contributed by atoms with Gasteiger partial charge in [-0.15, -0.1) is 0 Å². The number of carbonyl (C=O) groups is 1. The van der Waals surface area contributed by atoms with Crippen LogP contribution in [-0.4, -0.2) is 10.9 Å². The molecule has 1 N–H and O–H groups in total. The molecule has 0 radical (unpaired) electrons. The van der Waals surface area contributed by atoms with E-state index in [0.717, 1.165) is 54.1 Å². The van der Waals surface area contributed by atoms with Crippen molar-refractivity contribution in [1.82, 2.24) is 4.98 Å². The van der Waals surface area contributed by atoms with Crippen LogP contribution in [0.1, 0.15) is 68.2 Å². The van der Waals surface area contributed by atoms with Gasteiger partial charge in [-0.3, -0.25) is 4.79 Å². The fourth-order valence-corrected chi connectivity index (χ4v) is 2.66. The summed E-state index contributed by atoms with van der Waals surface area (Å²) in [6.45, 7) is 8.23. The molecule has 0 spiro atoms. The molecule has 1 aromatic carbocycles. The number of carbonyl (C=O) groups excluding carboxylic acids is 1. The molecular weight excluding hydrogens is 300 g/mol. The lowest BCUT2D eigenvalue weighted by Gasteiger charge is -2.11. The maximum Gasteiger partial charge on any atom is 0.224 e. The average molecular weight is 328 g/mol. The van der Waals surface area contributed by atoms with Gasteiger partial charge in [-0.1, -0.05) is 38.5 Å². The van der Waals surface area contributed by atoms with Crippen molar-refractivity contribution in [2.45, 2.75) is 65.7 Å². The number of nitrogens with zero attached hydrogens (tertiary/aromatic N) is 1. The van der Waals surface area contributed by atoms with E-state index in [1.807, 2.05) is 38.2 Å². The van der Waals surface area contributed by atoms with Gasteiger partial charge in [-0.05, 0) is 37.8 Å². The highest BCUT2D eigenvalue weighted by atomic mass is 16.4. The summed E-state index contributed by atoms with van der Waals surface area (Å²) in [7, 11) is 0. The summed E-state index contributed by atoms with van der Waals surface area (Å²) >= 11 is 0. The predicted octanol–water partition coefficient (Wildman–Crippen LogP) is 5.16. The van der Waals surface area contributed by atoms with E-state index in [9.17, 15) is 4.79 Å². The van der Waals surface area contributed by atoms with Crippen molar-refractivity contribution in [3.63, 3.8) is 0 Å². The van der Waals surface area contributed by atoms with Crippen LogP contribution in [0, 0.1) is 13.8 Å². The van der Waals surface area contributed by atoms with Gasteiger partial charge < -0.3 is 9.73 Å². The fourth-order valence-electron chi connectivity index (χ4n) is 2.66. The van der Waals surface area contributed by atoms with E-state index in [1.54, 1.807) is 0 Å². The number of amides is 1. The molecule has 0 unspecified atom stereocenters. The summed E-state index contributed by atoms with van der Waals surface area (Å²) in [5, 5.41) is 3.03. The highest BCUT2D eigenvalue weighted by Crippen LogP contribution is 2.20. The van der Waals surface area contributed by atoms with Gasteiger partial charge >= 0.3 is 0 Å². The van der Waals surface area contributed by atoms with Crippen LogP contribution >= 0.6 is 0 Å². The van der Waals surface area contributed by atoms with E-state index < -0.39 is 0 Å². The van der Waals surface area contributed by atoms with Gasteiger partial charge in [0, 0.05) is 24.4 Å². The van der Waals surface area contributed by atoms with Crippen molar-refractivity contribution in [3.05, 3.63) is 47.2 Å². The van der Waals surface area contributed by atoms with E-state index in [2.05, 4.69) is 24.1 Å². The van der Waals surface area contributed by atoms with Gasteiger partial charge in [-0.2, -0.15) is 0 Å². The lowest BCUT2D eigenvalue weighted by Crippen LogP contribution is -2.13. The first-order valence-corrected chi connectivity index (χ1v) is 8.78. The Morgan fingerprint density at radius 1 is 1.17 bits per heavy atom. The minimum absolute atomic E-state index is 0.0885. The number of oxazole rings is 1. The van der Waals surface area contributed by atoms with Crippen molar-refractivity contribution in [2.24, 2.45) is 0 Å². The Labute approximate surface area is 144 Å². The maximum absolute atomic E-state index is 12.1. The van der Waals surface area contributed by atoms with E-state index in [0.29, 0.717) is 12.3 Å². The lowest BCUT2D eigenvalue weighted by atomic mass is 10.1. The molecule has 1 heterocycles. The molecule has 0 fully saturated rings. The summed E-state index contributed by atoms with van der Waals surface area (Å²) in [5.41, 5.74) is 3.16. The summed E-state index contributed by atoms with van der Waals surface area (Å²) in [6.07, 6.45) is 6.09. The molecule has 0 saturated heterocycles. The van der Waals surface area contributed by atoms with Gasteiger partial charge in [0.25, 0.3) is 0 Å². The third-order valence-corrected chi connectivity index (χ3v) is 4.18. The minimum atomic E-state index is 0.0885. The van der Waals surface area contributed by atoms with Crippen molar-refractivity contribution in [2.75, 3.05) is 5.32 Å². The number of aryl methyl sites for hydroxylation is 3. The predicted molar refractivity (Wildman–Crippen MR) is 97.3 cm³/mol. The third kappa shape index (κ3) is 5.22. The number of anilines is 1. The highest BCUT2D eigenvalue weighted by molar-refractivity contribution is 5.92. The SMILES string of the molecule is Cc1cccc(C)c1NC(=O)CCCCCc1ncc(C(C)C)o1. The molecule has 130 valence electrons. The lowest BCUT2D eigenvalue weighted by molar-refractivity contribution is -0.116. The van der Waals surface area contributed by atoms with Gasteiger partial charge in [-0.25, -0.2) is 4.98 Å². The van der Waals surface area contributed by atoms with Crippen LogP contribution in [0.15, 0.2) is 28.8 Å². The molecule has 4 heteroatoms. The summed E-state index contributed by atoms with van der Waals surface area (Å²) < 4.78 is 5.69. The van der Waals surface area contributed by atoms with Crippen molar-refractivity contribution >= 4 is 11.6 Å². The van der Waals surface area contributed by atoms with Crippen LogP contribution in [-0.2, 0) is 11.2 Å². The molecule has 1 aromatic heterocycles. The maximum atomic E-state index is 12.1. The van der Waals surface area contributed by atoms with E-state index in [1.165, 1.54) is 0 Å². The zero-order valence-corrected chi connectivity index (χ0v) is 15.2. The molecule has 0 saturated carbocycles. The Bertz CT molecular complexity index is 654. The molecule has 2 aromatic rings. The summed E-state index contributed by atoms with van der Waals surface area (Å²) in [5.74, 6) is 2.21. The largest absolute Gasteiger partial charge is 0.445 e. The Hall–Kier alpha value is -2.10. The van der Waals surface area contributed by atoms with Crippen molar-refractivity contribution in [3.8, 4) is 0 Å². The molecule has 0 bridgehead atoms. The zero-order chi connectivity index (χ0) is 17.5. The molecule has 0 aliphatic heterocycles. The molecule has 24 heavy (non-hydrogen) atoms. The second-order valence-corrected chi connectivity index (χ2v) is 6.69. The quantitative estimate of drug-likeness (QED) is 0.681. The summed E-state index contributed by atoms with van der Waals surface area (Å²) in [4.78, 5) is 16.4. The monoisotopic (exact) mass is 328 g/mol. The molecular formula is C20H28N2O2. The molecule has 0 atom stereocenters. The average Bonchev–Trinajstić information content (AvgIpc) is 3.00. The second-order valence-electron chi connectivity index (χ2n) is 6.69. The second kappa shape index (κ2) is 8.67. The van der Waals surface area contributed by atoms with E-state index in [-0.39, 0.29) is 5.91 Å². The number of aromatic nitrogens is 1. The highest BCUT2D eigenvalue weighted by Gasteiger charge is 2.09. The number of hydrogen-bond donors (Lipinski definition) is 1. The van der Waals surface area contributed by atoms with E-state index in [4.69, 9.17) is 4.42 Å². The molecule has 2 rings (SSSR count). The molecule has 0 aliphatic rings. The topological polar surface area (TPSA) is 55.1 Å². The standard InChI is InChI=1S/C20H28N2O2/c1-14(2)17-13-21-19(24-17)12-7-5-6-11-18(23)22-20-15(3)9-8-10-16(20)4/h8-10,13-14H,5-7,11-12H2,1-4H3,(H,22,23). The third-order valence-electron chi connectivity index (χ3n) is 4.18. The fraction of sp³-hybridized carbons (Fsp3) is 0.500. The van der Waals surface area contributed by atoms with Gasteiger partial charge in [0.15, 0.2) is 5.89 Å². The van der Waals surface area contributed by atoms with Crippen LogP contribution in [0.2, 0.25) is 0 Å². The Morgan fingerprint density at radius 3 is 2.50 bits per heavy atom. The first-order chi connectivity index (χ1) is 11.5. The summed E-state index contributed by atoms with van der Waals surface area (Å²) in [6, 6.07) is 6.04. The van der Waals surface area contributed by atoms with Crippen LogP contribution < -0.4 is 5.32 Å². The molecule has 0 aliphatic carbocycles. The Morgan fingerprint density at radius 2 is 1.88 bits per heavy atom. The molecule has 1 amide bonds. The van der Waals surface area contributed by atoms with Crippen molar-refractivity contribution in [1.29, 1.82) is 0 Å². The number of unbranched alkanes of at least 4 members (excludes halogenated alkanes) is 2. The van der Waals surface area contributed by atoms with Crippen LogP contribution in [0.4, 0.5) is 5.69 Å². The normalized spacial score (nSPS) is 11.0. The first-order valence-electron chi connectivity index (χ1n) is 8.78. The zero-order valence-electron chi connectivity index (χ0n) is 15.2. The smallest absolute Gasteiger partial charge is 0.224 e. The van der Waals surface area contributed by atoms with Crippen LogP contribution in [0.25, 0.3) is 0 Å². The van der Waals surface area contributed by atoms with Gasteiger partial charge in [0.1, 0.15) is 5.76 Å². The minimum Gasteiger partial charge on any atom is -0.445 e. The van der Waals surface area contributed by atoms with Crippen LogP contribution in [0.3, 0.4) is 0 Å². The number of para-hydroxylation sites is 1.